The zero-order valence-electron chi connectivity index (χ0n) is 12.4. The Bertz CT molecular complexity index is 528. The summed E-state index contributed by atoms with van der Waals surface area (Å²) in [7, 11) is 2.21. The minimum Gasteiger partial charge on any atom is -0.399 e. The molecule has 2 N–H and O–H groups in total. The quantitative estimate of drug-likeness (QED) is 0.791. The van der Waals surface area contributed by atoms with Gasteiger partial charge in [-0.3, -0.25) is 4.79 Å². The number of nitrogens with zero attached hydrogens (tertiary/aromatic N) is 2. The summed E-state index contributed by atoms with van der Waals surface area (Å²) in [6.07, 6.45) is 3.55. The number of fused-ring (bicyclic) bond motifs is 1. The van der Waals surface area contributed by atoms with Crippen LogP contribution in [0.4, 0.5) is 5.69 Å². The first-order chi connectivity index (χ1) is 10.0. The van der Waals surface area contributed by atoms with Crippen LogP contribution in [0.3, 0.4) is 0 Å². The topological polar surface area (TPSA) is 49.6 Å². The fourth-order valence-corrected chi connectivity index (χ4v) is 4.27. The molecule has 1 aromatic carbocycles. The van der Waals surface area contributed by atoms with E-state index >= 15 is 0 Å². The maximum atomic E-state index is 12.7. The number of amides is 1. The Hall–Kier alpha value is -1.07. The van der Waals surface area contributed by atoms with Crippen molar-refractivity contribution < 1.29 is 4.79 Å². The zero-order valence-corrected chi connectivity index (χ0v) is 14.0. The highest BCUT2D eigenvalue weighted by Gasteiger charge is 2.35. The van der Waals surface area contributed by atoms with Crippen LogP contribution in [0.15, 0.2) is 22.7 Å². The van der Waals surface area contributed by atoms with Crippen molar-refractivity contribution in [2.45, 2.75) is 25.3 Å². The Morgan fingerprint density at radius 1 is 1.29 bits per heavy atom. The molecule has 0 spiro atoms. The van der Waals surface area contributed by atoms with Crippen LogP contribution in [0.1, 0.15) is 29.6 Å². The lowest BCUT2D eigenvalue weighted by Crippen LogP contribution is -2.53. The summed E-state index contributed by atoms with van der Waals surface area (Å²) in [4.78, 5) is 17.2. The van der Waals surface area contributed by atoms with Crippen molar-refractivity contribution >= 4 is 27.5 Å². The number of carbonyl (C=O) groups excluding carboxylic acids is 1. The van der Waals surface area contributed by atoms with Gasteiger partial charge in [-0.2, -0.15) is 0 Å². The molecule has 2 saturated heterocycles. The Morgan fingerprint density at radius 3 is 2.86 bits per heavy atom. The first-order valence-corrected chi connectivity index (χ1v) is 8.39. The molecule has 1 amide bonds. The van der Waals surface area contributed by atoms with Gasteiger partial charge in [0.25, 0.3) is 5.91 Å². The van der Waals surface area contributed by atoms with Gasteiger partial charge >= 0.3 is 0 Å². The minimum absolute atomic E-state index is 0.106. The van der Waals surface area contributed by atoms with Crippen LogP contribution in [0.5, 0.6) is 0 Å². The second-order valence-electron chi connectivity index (χ2n) is 6.26. The van der Waals surface area contributed by atoms with Crippen molar-refractivity contribution in [3.63, 3.8) is 0 Å². The number of halogens is 1. The Balaban J connectivity index is 1.74. The fourth-order valence-electron chi connectivity index (χ4n) is 3.76. The van der Waals surface area contributed by atoms with Crippen molar-refractivity contribution in [2.24, 2.45) is 5.92 Å². The highest BCUT2D eigenvalue weighted by molar-refractivity contribution is 9.10. The number of benzene rings is 1. The highest BCUT2D eigenvalue weighted by atomic mass is 79.9. The molecule has 114 valence electrons. The van der Waals surface area contributed by atoms with Crippen LogP contribution in [-0.2, 0) is 0 Å². The molecule has 5 heteroatoms. The monoisotopic (exact) mass is 351 g/mol. The number of carbonyl (C=O) groups is 1. The van der Waals surface area contributed by atoms with E-state index in [1.807, 2.05) is 17.0 Å². The van der Waals surface area contributed by atoms with Gasteiger partial charge in [0.1, 0.15) is 0 Å². The third kappa shape index (κ3) is 3.09. The van der Waals surface area contributed by atoms with Gasteiger partial charge in [-0.1, -0.05) is 15.9 Å². The van der Waals surface area contributed by atoms with Gasteiger partial charge < -0.3 is 15.5 Å². The SMILES string of the molecule is CN1CCCC2CN(C(=O)c3cc(N)cc(Br)c3)CCC21. The molecule has 0 radical (unpaired) electrons. The summed E-state index contributed by atoms with van der Waals surface area (Å²) in [6, 6.07) is 6.10. The number of hydrogen-bond donors (Lipinski definition) is 1. The van der Waals surface area contributed by atoms with E-state index in [-0.39, 0.29) is 5.91 Å². The third-order valence-electron chi connectivity index (χ3n) is 4.80. The fraction of sp³-hybridized carbons (Fsp3) is 0.562. The average molecular weight is 352 g/mol. The van der Waals surface area contributed by atoms with Crippen molar-refractivity contribution in [3.05, 3.63) is 28.2 Å². The van der Waals surface area contributed by atoms with Gasteiger partial charge in [-0.15, -0.1) is 0 Å². The summed E-state index contributed by atoms with van der Waals surface area (Å²) in [5, 5.41) is 0. The van der Waals surface area contributed by atoms with Gasteiger partial charge in [0.05, 0.1) is 0 Å². The van der Waals surface area contributed by atoms with Crippen molar-refractivity contribution in [3.8, 4) is 0 Å². The first kappa shape index (κ1) is 14.9. The number of hydrogen-bond acceptors (Lipinski definition) is 3. The summed E-state index contributed by atoms with van der Waals surface area (Å²) in [6.45, 7) is 2.91. The predicted molar refractivity (Wildman–Crippen MR) is 88.2 cm³/mol. The lowest BCUT2D eigenvalue weighted by molar-refractivity contribution is 0.0317. The van der Waals surface area contributed by atoms with E-state index in [1.165, 1.54) is 19.4 Å². The zero-order chi connectivity index (χ0) is 15.0. The lowest BCUT2D eigenvalue weighted by atomic mass is 9.84. The molecule has 0 bridgehead atoms. The van der Waals surface area contributed by atoms with Gasteiger partial charge in [0.2, 0.25) is 0 Å². The summed E-state index contributed by atoms with van der Waals surface area (Å²) in [5.41, 5.74) is 7.15. The Morgan fingerprint density at radius 2 is 2.10 bits per heavy atom. The predicted octanol–water partition coefficient (Wildman–Crippen LogP) is 2.59. The van der Waals surface area contributed by atoms with Crippen molar-refractivity contribution in [1.29, 1.82) is 0 Å². The second kappa shape index (κ2) is 5.97. The lowest BCUT2D eigenvalue weighted by Gasteiger charge is -2.46. The number of anilines is 1. The molecule has 21 heavy (non-hydrogen) atoms. The maximum absolute atomic E-state index is 12.7. The maximum Gasteiger partial charge on any atom is 0.253 e. The summed E-state index contributed by atoms with van der Waals surface area (Å²) in [5.74, 6) is 0.723. The number of nitrogen functional groups attached to an aromatic ring is 1. The number of rotatable bonds is 1. The molecule has 4 nitrogen and oxygen atoms in total. The first-order valence-electron chi connectivity index (χ1n) is 7.60. The average Bonchev–Trinajstić information content (AvgIpc) is 2.45. The van der Waals surface area contributed by atoms with Crippen molar-refractivity contribution in [2.75, 3.05) is 32.4 Å². The molecule has 0 aromatic heterocycles. The van der Waals surface area contributed by atoms with Crippen LogP contribution in [0.2, 0.25) is 0 Å². The standard InChI is InChI=1S/C16H22BrN3O/c1-19-5-2-3-11-10-20(6-4-15(11)19)16(21)12-7-13(17)9-14(18)8-12/h7-9,11,15H,2-6,10,18H2,1H3. The van der Waals surface area contributed by atoms with Gasteiger partial charge in [-0.25, -0.2) is 0 Å². The minimum atomic E-state index is 0.106. The van der Waals surface area contributed by atoms with Gasteiger partial charge in [0.15, 0.2) is 0 Å². The molecular weight excluding hydrogens is 330 g/mol. The van der Waals surface area contributed by atoms with Crippen LogP contribution in [0.25, 0.3) is 0 Å². The Kier molecular flexibility index (Phi) is 4.22. The van der Waals surface area contributed by atoms with Crippen LogP contribution in [0, 0.1) is 5.92 Å². The molecular formula is C16H22BrN3O. The third-order valence-corrected chi connectivity index (χ3v) is 5.26. The van der Waals surface area contributed by atoms with Gasteiger partial charge in [-0.05, 0) is 57.0 Å². The molecule has 0 saturated carbocycles. The van der Waals surface area contributed by atoms with Gasteiger partial charge in [0, 0.05) is 34.9 Å². The molecule has 2 aliphatic rings. The Labute approximate surface area is 134 Å². The normalized spacial score (nSPS) is 26.5. The largest absolute Gasteiger partial charge is 0.399 e. The molecule has 2 fully saturated rings. The van der Waals surface area contributed by atoms with E-state index in [4.69, 9.17) is 5.73 Å². The number of nitrogens with two attached hydrogens (primary N) is 1. The molecule has 2 heterocycles. The number of likely N-dealkylation sites (tertiary alicyclic amines) is 2. The molecule has 2 unspecified atom stereocenters. The van der Waals surface area contributed by atoms with E-state index in [1.54, 1.807) is 6.07 Å². The van der Waals surface area contributed by atoms with E-state index in [0.717, 1.165) is 24.0 Å². The molecule has 0 aliphatic carbocycles. The van der Waals surface area contributed by atoms with E-state index < -0.39 is 0 Å². The van der Waals surface area contributed by atoms with Crippen LogP contribution in [-0.4, -0.2) is 48.4 Å². The smallest absolute Gasteiger partial charge is 0.253 e. The van der Waals surface area contributed by atoms with Crippen LogP contribution < -0.4 is 5.73 Å². The number of piperidine rings is 2. The molecule has 2 atom stereocenters. The van der Waals surface area contributed by atoms with Crippen LogP contribution >= 0.6 is 15.9 Å². The van der Waals surface area contributed by atoms with E-state index in [0.29, 0.717) is 23.2 Å². The summed E-state index contributed by atoms with van der Waals surface area (Å²) >= 11 is 3.41. The second-order valence-corrected chi connectivity index (χ2v) is 7.18. The van der Waals surface area contributed by atoms with E-state index in [9.17, 15) is 4.79 Å². The van der Waals surface area contributed by atoms with Crippen molar-refractivity contribution in [1.82, 2.24) is 9.80 Å². The molecule has 2 aliphatic heterocycles. The summed E-state index contributed by atoms with van der Waals surface area (Å²) < 4.78 is 0.859. The molecule has 3 rings (SSSR count). The van der Waals surface area contributed by atoms with E-state index in [2.05, 4.69) is 27.9 Å². The highest BCUT2D eigenvalue weighted by Crippen LogP contribution is 2.30. The molecule has 1 aromatic rings.